The van der Waals surface area contributed by atoms with Gasteiger partial charge < -0.3 is 14.7 Å². The monoisotopic (exact) mass is 282 g/mol. The third-order valence-corrected chi connectivity index (χ3v) is 5.25. The smallest absolute Gasteiger partial charge is 0.141 e. The number of nitrogens with zero attached hydrogens (tertiary/aromatic N) is 1. The molecule has 0 aromatic heterocycles. The fourth-order valence-corrected chi connectivity index (χ4v) is 4.11. The maximum absolute atomic E-state index is 9.74. The van der Waals surface area contributed by atoms with Crippen molar-refractivity contribution in [3.63, 3.8) is 0 Å². The molecule has 0 spiro atoms. The highest BCUT2D eigenvalue weighted by Crippen LogP contribution is 2.45. The van der Waals surface area contributed by atoms with Crippen LogP contribution in [-0.2, 0) is 12.8 Å². The first kappa shape index (κ1) is 12.7. The molecular formula is C18H20NO2+. The molecule has 0 aliphatic carbocycles. The lowest BCUT2D eigenvalue weighted by Gasteiger charge is -2.49. The van der Waals surface area contributed by atoms with Gasteiger partial charge in [0, 0.05) is 24.0 Å². The number of quaternary nitrogens is 1. The molecule has 21 heavy (non-hydrogen) atoms. The molecule has 2 aromatic carbocycles. The zero-order valence-electron chi connectivity index (χ0n) is 12.2. The average molecular weight is 282 g/mol. The topological polar surface area (TPSA) is 40.5 Å². The third-order valence-electron chi connectivity index (χ3n) is 5.25. The Bertz CT molecular complexity index is 666. The standard InChI is InChI=1S/C18H19NO2/c1-19-8-6-12-10-14(20)2-4-16(12)18(19)17-5-3-15(21)11-13(17)7-9-19/h2-5,10-11,18H,6-9H2,1H3,(H-,20,21)/p+1. The quantitative estimate of drug-likeness (QED) is 0.729. The van der Waals surface area contributed by atoms with Crippen LogP contribution in [0.15, 0.2) is 36.4 Å². The van der Waals surface area contributed by atoms with Crippen LogP contribution in [0.5, 0.6) is 11.5 Å². The molecule has 0 atom stereocenters. The summed E-state index contributed by atoms with van der Waals surface area (Å²) in [5.74, 6) is 0.707. The summed E-state index contributed by atoms with van der Waals surface area (Å²) >= 11 is 0. The number of likely N-dealkylation sites (N-methyl/N-ethyl adjacent to an activating group) is 1. The summed E-state index contributed by atoms with van der Waals surface area (Å²) < 4.78 is 1.02. The maximum atomic E-state index is 9.74. The Kier molecular flexibility index (Phi) is 2.57. The summed E-state index contributed by atoms with van der Waals surface area (Å²) in [5, 5.41) is 19.5. The van der Waals surface area contributed by atoms with Gasteiger partial charge in [-0.15, -0.1) is 0 Å². The number of rotatable bonds is 0. The van der Waals surface area contributed by atoms with Crippen molar-refractivity contribution in [3.05, 3.63) is 58.7 Å². The Morgan fingerprint density at radius 1 is 0.857 bits per heavy atom. The van der Waals surface area contributed by atoms with Gasteiger partial charge in [-0.05, 0) is 47.5 Å². The summed E-state index contributed by atoms with van der Waals surface area (Å²) in [4.78, 5) is 0. The molecule has 2 aliphatic rings. The predicted molar refractivity (Wildman–Crippen MR) is 81.4 cm³/mol. The van der Waals surface area contributed by atoms with Gasteiger partial charge in [0.25, 0.3) is 0 Å². The molecule has 0 saturated carbocycles. The summed E-state index contributed by atoms with van der Waals surface area (Å²) in [6.45, 7) is 2.20. The van der Waals surface area contributed by atoms with Crippen LogP contribution in [0.4, 0.5) is 0 Å². The van der Waals surface area contributed by atoms with Gasteiger partial charge in [0.1, 0.15) is 17.5 Å². The van der Waals surface area contributed by atoms with Crippen molar-refractivity contribution in [1.82, 2.24) is 0 Å². The predicted octanol–water partition coefficient (Wildman–Crippen LogP) is 2.75. The van der Waals surface area contributed by atoms with E-state index in [1.54, 1.807) is 12.1 Å². The lowest BCUT2D eigenvalue weighted by Crippen LogP contribution is -2.54. The number of aromatic hydroxyl groups is 2. The van der Waals surface area contributed by atoms with Crippen LogP contribution in [0.1, 0.15) is 28.3 Å². The number of fused-ring (bicyclic) bond motifs is 5. The molecule has 2 aliphatic heterocycles. The summed E-state index contributed by atoms with van der Waals surface area (Å²) in [6, 6.07) is 11.9. The lowest BCUT2D eigenvalue weighted by molar-refractivity contribution is -0.937. The fraction of sp³-hybridized carbons (Fsp3) is 0.333. The molecule has 3 heteroatoms. The van der Waals surface area contributed by atoms with E-state index in [9.17, 15) is 10.2 Å². The van der Waals surface area contributed by atoms with Gasteiger partial charge in [-0.3, -0.25) is 0 Å². The van der Waals surface area contributed by atoms with Crippen LogP contribution in [0.3, 0.4) is 0 Å². The Labute approximate surface area is 124 Å². The van der Waals surface area contributed by atoms with Crippen molar-refractivity contribution in [3.8, 4) is 11.5 Å². The highest BCUT2D eigenvalue weighted by molar-refractivity contribution is 5.46. The molecule has 0 unspecified atom stereocenters. The number of hydrogen-bond donors (Lipinski definition) is 2. The van der Waals surface area contributed by atoms with E-state index in [-0.39, 0.29) is 0 Å². The van der Waals surface area contributed by atoms with Gasteiger partial charge in [-0.2, -0.15) is 0 Å². The first-order valence-electron chi connectivity index (χ1n) is 7.55. The van der Waals surface area contributed by atoms with Crippen LogP contribution in [0.2, 0.25) is 0 Å². The van der Waals surface area contributed by atoms with Crippen molar-refractivity contribution in [2.45, 2.75) is 18.9 Å². The van der Waals surface area contributed by atoms with Gasteiger partial charge in [-0.25, -0.2) is 0 Å². The second-order valence-corrected chi connectivity index (χ2v) is 6.60. The van der Waals surface area contributed by atoms with Crippen LogP contribution in [0, 0.1) is 0 Å². The van der Waals surface area contributed by atoms with Gasteiger partial charge in [0.2, 0.25) is 0 Å². The second-order valence-electron chi connectivity index (χ2n) is 6.60. The Morgan fingerprint density at radius 2 is 1.33 bits per heavy atom. The number of phenolic OH excluding ortho intramolecular Hbond substituents is 2. The second kappa shape index (κ2) is 4.25. The molecule has 2 heterocycles. The van der Waals surface area contributed by atoms with E-state index < -0.39 is 0 Å². The Morgan fingerprint density at radius 3 is 1.81 bits per heavy atom. The van der Waals surface area contributed by atoms with E-state index >= 15 is 0 Å². The molecule has 4 rings (SSSR count). The highest BCUT2D eigenvalue weighted by Gasteiger charge is 2.43. The lowest BCUT2D eigenvalue weighted by atomic mass is 9.80. The molecule has 0 fully saturated rings. The summed E-state index contributed by atoms with van der Waals surface area (Å²) in [5.41, 5.74) is 5.18. The zero-order valence-corrected chi connectivity index (χ0v) is 12.2. The summed E-state index contributed by atoms with van der Waals surface area (Å²) in [7, 11) is 2.33. The highest BCUT2D eigenvalue weighted by atomic mass is 16.3. The van der Waals surface area contributed by atoms with E-state index in [0.29, 0.717) is 17.5 Å². The molecular weight excluding hydrogens is 262 g/mol. The first-order valence-corrected chi connectivity index (χ1v) is 7.55. The van der Waals surface area contributed by atoms with Crippen molar-refractivity contribution in [1.29, 1.82) is 0 Å². The molecule has 0 bridgehead atoms. The minimum atomic E-state index is 0.318. The van der Waals surface area contributed by atoms with Crippen LogP contribution in [0.25, 0.3) is 0 Å². The van der Waals surface area contributed by atoms with Crippen molar-refractivity contribution < 1.29 is 14.7 Å². The van der Waals surface area contributed by atoms with Crippen LogP contribution < -0.4 is 0 Å². The molecule has 3 nitrogen and oxygen atoms in total. The van der Waals surface area contributed by atoms with Crippen LogP contribution in [-0.4, -0.2) is 34.8 Å². The van der Waals surface area contributed by atoms with E-state index in [0.717, 1.165) is 30.4 Å². The number of hydrogen-bond acceptors (Lipinski definition) is 2. The largest absolute Gasteiger partial charge is 0.508 e. The molecule has 0 saturated heterocycles. The molecule has 0 radical (unpaired) electrons. The van der Waals surface area contributed by atoms with E-state index in [2.05, 4.69) is 19.2 Å². The van der Waals surface area contributed by atoms with Crippen molar-refractivity contribution in [2.24, 2.45) is 0 Å². The zero-order chi connectivity index (χ0) is 14.6. The Balaban J connectivity index is 1.93. The minimum absolute atomic E-state index is 0.318. The van der Waals surface area contributed by atoms with E-state index in [1.165, 1.54) is 22.3 Å². The number of benzene rings is 2. The van der Waals surface area contributed by atoms with Gasteiger partial charge >= 0.3 is 0 Å². The van der Waals surface area contributed by atoms with Crippen molar-refractivity contribution >= 4 is 0 Å². The maximum Gasteiger partial charge on any atom is 0.141 e. The van der Waals surface area contributed by atoms with E-state index in [1.807, 2.05) is 12.1 Å². The summed E-state index contributed by atoms with van der Waals surface area (Å²) in [6.07, 6.45) is 2.04. The number of phenols is 2. The van der Waals surface area contributed by atoms with Crippen molar-refractivity contribution in [2.75, 3.05) is 20.1 Å². The molecule has 2 N–H and O–H groups in total. The van der Waals surface area contributed by atoms with Gasteiger partial charge in [-0.1, -0.05) is 0 Å². The van der Waals surface area contributed by atoms with Crippen LogP contribution >= 0.6 is 0 Å². The average Bonchev–Trinajstić information content (AvgIpc) is 2.46. The third kappa shape index (κ3) is 1.84. The molecule has 0 amide bonds. The first-order chi connectivity index (χ1) is 10.1. The molecule has 108 valence electrons. The fourth-order valence-electron chi connectivity index (χ4n) is 4.11. The SMILES string of the molecule is C[N+]12CCc3cc(O)ccc3C1c1ccc(O)cc1CC2. The van der Waals surface area contributed by atoms with Gasteiger partial charge in [0.15, 0.2) is 0 Å². The van der Waals surface area contributed by atoms with Gasteiger partial charge in [0.05, 0.1) is 20.1 Å². The molecule has 2 aromatic rings. The van der Waals surface area contributed by atoms with E-state index in [4.69, 9.17) is 0 Å². The Hall–Kier alpha value is -2.00. The normalized spacial score (nSPS) is 26.6. The minimum Gasteiger partial charge on any atom is -0.508 e.